The van der Waals surface area contributed by atoms with E-state index in [2.05, 4.69) is 0 Å². The van der Waals surface area contributed by atoms with Crippen LogP contribution in [-0.2, 0) is 4.79 Å². The highest BCUT2D eigenvalue weighted by molar-refractivity contribution is 5.85. The number of carboxylic acid groups (broad SMARTS) is 1. The molecule has 0 saturated carbocycles. The van der Waals surface area contributed by atoms with E-state index in [-0.39, 0.29) is 0 Å². The maximum atomic E-state index is 10.5. The first kappa shape index (κ1) is 17.2. The normalized spacial score (nSPS) is 11.1. The molecule has 0 spiro atoms. The molecule has 0 radical (unpaired) electrons. The van der Waals surface area contributed by atoms with Crippen molar-refractivity contribution in [1.29, 1.82) is 0 Å². The van der Waals surface area contributed by atoms with Crippen LogP contribution >= 0.6 is 0 Å². The molecule has 3 aromatic rings. The topological polar surface area (TPSA) is 46.5 Å². The van der Waals surface area contributed by atoms with Crippen molar-refractivity contribution in [2.45, 2.75) is 0 Å². The summed E-state index contributed by atoms with van der Waals surface area (Å²) in [6.45, 7) is 0. The van der Waals surface area contributed by atoms with Gasteiger partial charge in [-0.15, -0.1) is 0 Å². The van der Waals surface area contributed by atoms with Gasteiger partial charge in [0.25, 0.3) is 0 Å². The predicted molar refractivity (Wildman–Crippen MR) is 105 cm³/mol. The number of hydrogen-bond donors (Lipinski definition) is 1. The molecular weight excluding hydrogens is 324 g/mol. The molecule has 1 N–H and O–H groups in total. The average Bonchev–Trinajstić information content (AvgIpc) is 2.67. The van der Waals surface area contributed by atoms with E-state index in [1.165, 1.54) is 0 Å². The number of carbonyl (C=O) groups is 1. The van der Waals surface area contributed by atoms with Crippen LogP contribution in [0.25, 0.3) is 18.2 Å². The van der Waals surface area contributed by atoms with Crippen LogP contribution in [0, 0.1) is 0 Å². The molecule has 0 bridgehead atoms. The van der Waals surface area contributed by atoms with Crippen LogP contribution in [0.4, 0.5) is 0 Å². The number of hydrogen-bond acceptors (Lipinski definition) is 2. The predicted octanol–water partition coefficient (Wildman–Crippen LogP) is 5.75. The Labute approximate surface area is 152 Å². The van der Waals surface area contributed by atoms with Crippen LogP contribution in [0.1, 0.15) is 16.7 Å². The zero-order valence-corrected chi connectivity index (χ0v) is 14.1. The fraction of sp³-hybridized carbons (Fsp3) is 0. The first-order valence-electron chi connectivity index (χ1n) is 8.21. The molecule has 0 fully saturated rings. The van der Waals surface area contributed by atoms with Gasteiger partial charge in [-0.3, -0.25) is 0 Å². The Kier molecular flexibility index (Phi) is 5.63. The van der Waals surface area contributed by atoms with Crippen molar-refractivity contribution in [3.05, 3.63) is 102 Å². The lowest BCUT2D eigenvalue weighted by Gasteiger charge is -2.06. The van der Waals surface area contributed by atoms with Crippen molar-refractivity contribution in [2.75, 3.05) is 0 Å². The third-order valence-corrected chi connectivity index (χ3v) is 3.66. The summed E-state index contributed by atoms with van der Waals surface area (Å²) in [5, 5.41) is 8.65. The molecule has 128 valence electrons. The van der Waals surface area contributed by atoms with Gasteiger partial charge in [-0.1, -0.05) is 66.7 Å². The second kappa shape index (κ2) is 8.49. The highest BCUT2D eigenvalue weighted by atomic mass is 16.5. The molecule has 0 aliphatic heterocycles. The molecule has 3 heteroatoms. The van der Waals surface area contributed by atoms with E-state index in [0.29, 0.717) is 0 Å². The minimum absolute atomic E-state index is 0.785. The lowest BCUT2D eigenvalue weighted by molar-refractivity contribution is -0.131. The standard InChI is InChI=1S/C23H18O3/c24-23(25)16-15-19-11-9-18(10-12-19)13-14-20-5-4-8-22(17-20)26-21-6-2-1-3-7-21/h1-17H,(H,24,25). The Balaban J connectivity index is 1.68. The quantitative estimate of drug-likeness (QED) is 0.458. The van der Waals surface area contributed by atoms with Crippen molar-refractivity contribution < 1.29 is 14.6 Å². The van der Waals surface area contributed by atoms with Gasteiger partial charge >= 0.3 is 5.97 Å². The van der Waals surface area contributed by atoms with Crippen LogP contribution in [0.3, 0.4) is 0 Å². The molecule has 0 aliphatic rings. The summed E-state index contributed by atoms with van der Waals surface area (Å²) >= 11 is 0. The maximum Gasteiger partial charge on any atom is 0.328 e. The molecule has 0 unspecified atom stereocenters. The number of rotatable bonds is 6. The second-order valence-electron chi connectivity index (χ2n) is 5.66. The molecule has 0 aliphatic carbocycles. The Hall–Kier alpha value is -3.59. The number of benzene rings is 3. The van der Waals surface area contributed by atoms with Crippen LogP contribution < -0.4 is 4.74 Å². The lowest BCUT2D eigenvalue weighted by Crippen LogP contribution is -1.85. The van der Waals surface area contributed by atoms with Gasteiger partial charge in [0.1, 0.15) is 11.5 Å². The summed E-state index contributed by atoms with van der Waals surface area (Å²) in [4.78, 5) is 10.5. The fourth-order valence-corrected chi connectivity index (χ4v) is 2.38. The highest BCUT2D eigenvalue weighted by Crippen LogP contribution is 2.22. The summed E-state index contributed by atoms with van der Waals surface area (Å²) in [6.07, 6.45) is 6.72. The molecule has 0 heterocycles. The minimum atomic E-state index is -0.952. The number of carboxylic acids is 1. The third-order valence-electron chi connectivity index (χ3n) is 3.66. The van der Waals surface area contributed by atoms with Crippen LogP contribution in [0.2, 0.25) is 0 Å². The Morgan fingerprint density at radius 2 is 1.31 bits per heavy atom. The van der Waals surface area contributed by atoms with Crippen molar-refractivity contribution in [2.24, 2.45) is 0 Å². The summed E-state index contributed by atoms with van der Waals surface area (Å²) < 4.78 is 5.84. The third kappa shape index (κ3) is 5.21. The fourth-order valence-electron chi connectivity index (χ4n) is 2.38. The molecule has 0 aromatic heterocycles. The summed E-state index contributed by atoms with van der Waals surface area (Å²) in [6, 6.07) is 25.2. The SMILES string of the molecule is O=C(O)C=Cc1ccc(C=Cc2cccc(Oc3ccccc3)c2)cc1. The summed E-state index contributed by atoms with van der Waals surface area (Å²) in [5.41, 5.74) is 2.92. The highest BCUT2D eigenvalue weighted by Gasteiger charge is 1.97. The van der Waals surface area contributed by atoms with Gasteiger partial charge in [-0.25, -0.2) is 4.79 Å². The summed E-state index contributed by atoms with van der Waals surface area (Å²) in [7, 11) is 0. The minimum Gasteiger partial charge on any atom is -0.478 e. The number of para-hydroxylation sites is 1. The monoisotopic (exact) mass is 342 g/mol. The Morgan fingerprint density at radius 3 is 2.00 bits per heavy atom. The van der Waals surface area contributed by atoms with E-state index in [9.17, 15) is 4.79 Å². The first-order valence-corrected chi connectivity index (χ1v) is 8.21. The van der Waals surface area contributed by atoms with E-state index in [0.717, 1.165) is 34.3 Å². The second-order valence-corrected chi connectivity index (χ2v) is 5.66. The smallest absolute Gasteiger partial charge is 0.328 e. The van der Waals surface area contributed by atoms with Crippen LogP contribution in [-0.4, -0.2) is 11.1 Å². The summed E-state index contributed by atoms with van der Waals surface area (Å²) in [5.74, 6) is 0.637. The average molecular weight is 342 g/mol. The van der Waals surface area contributed by atoms with E-state index >= 15 is 0 Å². The largest absolute Gasteiger partial charge is 0.478 e. The van der Waals surface area contributed by atoms with E-state index in [1.54, 1.807) is 6.08 Å². The van der Waals surface area contributed by atoms with Crippen molar-refractivity contribution in [3.8, 4) is 11.5 Å². The van der Waals surface area contributed by atoms with Gasteiger partial charge in [0.05, 0.1) is 0 Å². The number of aliphatic carboxylic acids is 1. The van der Waals surface area contributed by atoms with Crippen LogP contribution in [0.5, 0.6) is 11.5 Å². The van der Waals surface area contributed by atoms with Gasteiger partial charge in [-0.05, 0) is 47.0 Å². The molecular formula is C23H18O3. The van der Waals surface area contributed by atoms with Gasteiger partial charge < -0.3 is 9.84 Å². The lowest BCUT2D eigenvalue weighted by atomic mass is 10.1. The van der Waals surface area contributed by atoms with E-state index in [4.69, 9.17) is 9.84 Å². The van der Waals surface area contributed by atoms with Crippen molar-refractivity contribution in [3.63, 3.8) is 0 Å². The van der Waals surface area contributed by atoms with Crippen molar-refractivity contribution in [1.82, 2.24) is 0 Å². The van der Waals surface area contributed by atoms with Gasteiger partial charge in [0, 0.05) is 6.08 Å². The van der Waals surface area contributed by atoms with Crippen LogP contribution in [0.15, 0.2) is 84.9 Å². The maximum absolute atomic E-state index is 10.5. The molecule has 3 nitrogen and oxygen atoms in total. The molecule has 0 saturated heterocycles. The molecule has 3 aromatic carbocycles. The molecule has 26 heavy (non-hydrogen) atoms. The molecule has 3 rings (SSSR count). The van der Waals surface area contributed by atoms with Gasteiger partial charge in [0.15, 0.2) is 0 Å². The molecule has 0 atom stereocenters. The zero-order valence-electron chi connectivity index (χ0n) is 14.1. The Morgan fingerprint density at radius 1 is 0.692 bits per heavy atom. The molecule has 0 amide bonds. The van der Waals surface area contributed by atoms with Crippen molar-refractivity contribution >= 4 is 24.2 Å². The Bertz CT molecular complexity index is 923. The van der Waals surface area contributed by atoms with E-state index < -0.39 is 5.97 Å². The zero-order chi connectivity index (χ0) is 18.2. The van der Waals surface area contributed by atoms with Gasteiger partial charge in [0.2, 0.25) is 0 Å². The van der Waals surface area contributed by atoms with Gasteiger partial charge in [-0.2, -0.15) is 0 Å². The first-order chi connectivity index (χ1) is 12.7. The number of ether oxygens (including phenoxy) is 1. The van der Waals surface area contributed by atoms with E-state index in [1.807, 2.05) is 91.0 Å².